The Balaban J connectivity index is 0.00000385. The number of hydrogen-bond donors (Lipinski definition) is 2. The molecule has 1 aromatic rings. The molecular formula is C25H42IN5O2. The van der Waals surface area contributed by atoms with Crippen molar-refractivity contribution >= 4 is 36.0 Å². The van der Waals surface area contributed by atoms with Gasteiger partial charge in [0, 0.05) is 38.3 Å². The Morgan fingerprint density at radius 2 is 1.82 bits per heavy atom. The summed E-state index contributed by atoms with van der Waals surface area (Å²) in [6.07, 6.45) is 5.53. The summed E-state index contributed by atoms with van der Waals surface area (Å²) in [6.45, 7) is 11.8. The molecule has 1 unspecified atom stereocenters. The monoisotopic (exact) mass is 571 g/mol. The highest BCUT2D eigenvalue weighted by molar-refractivity contribution is 14.0. The summed E-state index contributed by atoms with van der Waals surface area (Å²) >= 11 is 0. The van der Waals surface area contributed by atoms with Crippen molar-refractivity contribution in [2.45, 2.75) is 78.0 Å². The van der Waals surface area contributed by atoms with Gasteiger partial charge in [-0.25, -0.2) is 9.79 Å². The van der Waals surface area contributed by atoms with Gasteiger partial charge in [-0.1, -0.05) is 30.7 Å². The largest absolute Gasteiger partial charge is 0.450 e. The molecule has 0 aliphatic carbocycles. The number of carbonyl (C=O) groups is 1. The van der Waals surface area contributed by atoms with Crippen LogP contribution in [-0.2, 0) is 17.8 Å². The molecule has 2 saturated heterocycles. The van der Waals surface area contributed by atoms with Crippen LogP contribution in [0.15, 0.2) is 29.3 Å². The van der Waals surface area contributed by atoms with Crippen LogP contribution in [0.3, 0.4) is 0 Å². The molecule has 1 amide bonds. The third kappa shape index (κ3) is 8.63. The first-order valence-corrected chi connectivity index (χ1v) is 12.4. The van der Waals surface area contributed by atoms with Crippen LogP contribution in [0.5, 0.6) is 0 Å². The number of amides is 1. The van der Waals surface area contributed by atoms with Crippen molar-refractivity contribution in [2.75, 3.05) is 32.8 Å². The molecule has 8 heteroatoms. The van der Waals surface area contributed by atoms with E-state index in [1.807, 2.05) is 6.92 Å². The van der Waals surface area contributed by atoms with Crippen LogP contribution >= 0.6 is 24.0 Å². The number of rotatable bonds is 7. The zero-order valence-corrected chi connectivity index (χ0v) is 22.8. The molecule has 2 aliphatic heterocycles. The third-order valence-electron chi connectivity index (χ3n) is 6.55. The van der Waals surface area contributed by atoms with E-state index in [9.17, 15) is 4.79 Å². The van der Waals surface area contributed by atoms with Crippen LogP contribution in [0.4, 0.5) is 4.79 Å². The predicted octanol–water partition coefficient (Wildman–Crippen LogP) is 4.36. The van der Waals surface area contributed by atoms with Crippen molar-refractivity contribution in [3.8, 4) is 0 Å². The minimum Gasteiger partial charge on any atom is -0.450 e. The molecule has 0 aromatic heterocycles. The number of aliphatic imine (C=N–C) groups is 1. The predicted molar refractivity (Wildman–Crippen MR) is 145 cm³/mol. The fourth-order valence-corrected chi connectivity index (χ4v) is 4.58. The molecule has 0 saturated carbocycles. The fourth-order valence-electron chi connectivity index (χ4n) is 4.58. The van der Waals surface area contributed by atoms with Crippen molar-refractivity contribution < 1.29 is 9.53 Å². The number of ether oxygens (including phenoxy) is 1. The van der Waals surface area contributed by atoms with E-state index in [1.54, 1.807) is 4.90 Å². The molecule has 0 radical (unpaired) electrons. The lowest BCUT2D eigenvalue weighted by Crippen LogP contribution is -2.49. The van der Waals surface area contributed by atoms with E-state index in [-0.39, 0.29) is 30.1 Å². The maximum atomic E-state index is 11.9. The molecule has 2 fully saturated rings. The Kier molecular flexibility index (Phi) is 12.3. The first kappa shape index (κ1) is 27.7. The van der Waals surface area contributed by atoms with Gasteiger partial charge in [-0.3, -0.25) is 4.90 Å². The summed E-state index contributed by atoms with van der Waals surface area (Å²) in [5.41, 5.74) is 2.67. The van der Waals surface area contributed by atoms with Gasteiger partial charge in [-0.15, -0.1) is 24.0 Å². The summed E-state index contributed by atoms with van der Waals surface area (Å²) in [4.78, 5) is 21.2. The van der Waals surface area contributed by atoms with Crippen molar-refractivity contribution in [1.29, 1.82) is 0 Å². The number of nitrogens with zero attached hydrogens (tertiary/aromatic N) is 3. The van der Waals surface area contributed by atoms with Crippen LogP contribution in [0.2, 0.25) is 0 Å². The average molecular weight is 572 g/mol. The Hall–Kier alpha value is -1.55. The molecule has 7 nitrogen and oxygen atoms in total. The van der Waals surface area contributed by atoms with Gasteiger partial charge in [0.15, 0.2) is 5.96 Å². The molecule has 33 heavy (non-hydrogen) atoms. The molecule has 1 aromatic carbocycles. The number of benzene rings is 1. The van der Waals surface area contributed by atoms with E-state index < -0.39 is 0 Å². The molecule has 3 rings (SSSR count). The highest BCUT2D eigenvalue weighted by Gasteiger charge is 2.24. The van der Waals surface area contributed by atoms with Crippen molar-refractivity contribution in [2.24, 2.45) is 4.99 Å². The van der Waals surface area contributed by atoms with Gasteiger partial charge in [0.2, 0.25) is 0 Å². The van der Waals surface area contributed by atoms with Crippen molar-refractivity contribution in [1.82, 2.24) is 20.4 Å². The number of nitrogens with one attached hydrogen (secondary N) is 2. The second-order valence-corrected chi connectivity index (χ2v) is 8.88. The van der Waals surface area contributed by atoms with Gasteiger partial charge >= 0.3 is 6.09 Å². The van der Waals surface area contributed by atoms with Gasteiger partial charge in [0.05, 0.1) is 13.2 Å². The van der Waals surface area contributed by atoms with E-state index in [2.05, 4.69) is 53.6 Å². The second kappa shape index (κ2) is 14.7. The quantitative estimate of drug-likeness (QED) is 0.290. The van der Waals surface area contributed by atoms with Gasteiger partial charge < -0.3 is 20.3 Å². The summed E-state index contributed by atoms with van der Waals surface area (Å²) in [5.74, 6) is 0.850. The Bertz CT molecular complexity index is 752. The van der Waals surface area contributed by atoms with Gasteiger partial charge in [-0.2, -0.15) is 0 Å². The molecule has 0 spiro atoms. The number of guanidine groups is 1. The summed E-state index contributed by atoms with van der Waals surface area (Å²) in [7, 11) is 0. The van der Waals surface area contributed by atoms with Crippen molar-refractivity contribution in [3.63, 3.8) is 0 Å². The molecule has 186 valence electrons. The molecule has 1 atom stereocenters. The van der Waals surface area contributed by atoms with Crippen LogP contribution in [0.1, 0.15) is 64.0 Å². The molecule has 2 N–H and O–H groups in total. The lowest BCUT2D eigenvalue weighted by atomic mass is 10.0. The van der Waals surface area contributed by atoms with E-state index in [1.165, 1.54) is 36.9 Å². The van der Waals surface area contributed by atoms with E-state index in [4.69, 9.17) is 9.73 Å². The minimum atomic E-state index is -0.203. The number of hydrogen-bond acceptors (Lipinski definition) is 4. The van der Waals surface area contributed by atoms with Crippen LogP contribution in [0, 0.1) is 0 Å². The van der Waals surface area contributed by atoms with Gasteiger partial charge in [0.25, 0.3) is 0 Å². The third-order valence-corrected chi connectivity index (χ3v) is 6.55. The minimum absolute atomic E-state index is 0. The topological polar surface area (TPSA) is 69.2 Å². The summed E-state index contributed by atoms with van der Waals surface area (Å²) in [5, 5.41) is 6.96. The summed E-state index contributed by atoms with van der Waals surface area (Å²) in [6, 6.07) is 9.66. The first-order chi connectivity index (χ1) is 15.6. The Morgan fingerprint density at radius 3 is 2.48 bits per heavy atom. The zero-order chi connectivity index (χ0) is 22.8. The second-order valence-electron chi connectivity index (χ2n) is 8.88. The van der Waals surface area contributed by atoms with E-state index in [0.29, 0.717) is 38.3 Å². The maximum Gasteiger partial charge on any atom is 0.409 e. The highest BCUT2D eigenvalue weighted by Crippen LogP contribution is 2.21. The molecule has 2 heterocycles. The lowest BCUT2D eigenvalue weighted by Gasteiger charge is -2.33. The molecule has 2 aliphatic rings. The first-order valence-electron chi connectivity index (χ1n) is 12.4. The lowest BCUT2D eigenvalue weighted by molar-refractivity contribution is 0.0963. The Labute approximate surface area is 216 Å². The van der Waals surface area contributed by atoms with E-state index in [0.717, 1.165) is 31.9 Å². The SMILES string of the molecule is CCNC(=NCc1ccccc1CN1CCCCC1C)NC1CCN(C(=O)OCC)CC1.I. The van der Waals surface area contributed by atoms with E-state index >= 15 is 0 Å². The average Bonchev–Trinajstić information content (AvgIpc) is 2.80. The van der Waals surface area contributed by atoms with Crippen LogP contribution < -0.4 is 10.6 Å². The Morgan fingerprint density at radius 1 is 1.09 bits per heavy atom. The highest BCUT2D eigenvalue weighted by atomic mass is 127. The smallest absolute Gasteiger partial charge is 0.409 e. The standard InChI is InChI=1S/C25H41N5O2.HI/c1-4-26-24(28-23-13-16-29(17-14-23)25(31)32-5-2)27-18-21-11-6-7-12-22(21)19-30-15-9-8-10-20(30)3;/h6-7,11-12,20,23H,4-5,8-10,13-19H2,1-3H3,(H2,26,27,28);1H. The van der Waals surface area contributed by atoms with Crippen molar-refractivity contribution in [3.05, 3.63) is 35.4 Å². The van der Waals surface area contributed by atoms with Gasteiger partial charge in [0.1, 0.15) is 0 Å². The zero-order valence-electron chi connectivity index (χ0n) is 20.5. The number of halogens is 1. The van der Waals surface area contributed by atoms with Crippen LogP contribution in [0.25, 0.3) is 0 Å². The number of carbonyl (C=O) groups excluding carboxylic acids is 1. The number of piperidine rings is 2. The molecule has 0 bridgehead atoms. The maximum absolute atomic E-state index is 11.9. The summed E-state index contributed by atoms with van der Waals surface area (Å²) < 4.78 is 5.12. The molecular weight excluding hydrogens is 529 g/mol. The van der Waals surface area contributed by atoms with Crippen LogP contribution in [-0.4, -0.2) is 66.7 Å². The normalized spacial score (nSPS) is 20.2. The van der Waals surface area contributed by atoms with Gasteiger partial charge in [-0.05, 0) is 64.1 Å². The number of likely N-dealkylation sites (tertiary alicyclic amines) is 2. The fraction of sp³-hybridized carbons (Fsp3) is 0.680.